The fourth-order valence-electron chi connectivity index (χ4n) is 2.40. The Labute approximate surface area is 171 Å². The van der Waals surface area contributed by atoms with Gasteiger partial charge in [-0.3, -0.25) is 4.79 Å². The van der Waals surface area contributed by atoms with Gasteiger partial charge in [0.2, 0.25) is 0 Å². The van der Waals surface area contributed by atoms with E-state index < -0.39 is 6.10 Å². The van der Waals surface area contributed by atoms with Crippen LogP contribution in [-0.4, -0.2) is 39.1 Å². The third-order valence-corrected chi connectivity index (χ3v) is 4.05. The molecule has 0 saturated carbocycles. The second-order valence-electron chi connectivity index (χ2n) is 6.29. The van der Waals surface area contributed by atoms with Crippen molar-refractivity contribution in [2.45, 2.75) is 32.8 Å². The summed E-state index contributed by atoms with van der Waals surface area (Å²) in [5.41, 5.74) is 3.25. The molecule has 0 aliphatic rings. The maximum absolute atomic E-state index is 12.2. The second kappa shape index (κ2) is 11.6. The largest absolute Gasteiger partial charge is 0.497 e. The maximum atomic E-state index is 12.2. The number of ether oxygens (including phenoxy) is 4. The molecule has 1 N–H and O–H groups in total. The predicted molar refractivity (Wildman–Crippen MR) is 112 cm³/mol. The fourth-order valence-corrected chi connectivity index (χ4v) is 2.40. The topological polar surface area (TPSA) is 78.4 Å². The SMILES string of the molecule is CCCCOc1ccc(/C=N/NC(=O)C(C)Oc2cccc(OC)c2)cc1OC. The molecule has 2 aromatic carbocycles. The number of unbranched alkanes of at least 4 members (excludes halogenated alkanes) is 1. The molecule has 0 aliphatic carbocycles. The molecule has 0 bridgehead atoms. The zero-order valence-corrected chi connectivity index (χ0v) is 17.3. The fraction of sp³-hybridized carbons (Fsp3) is 0.364. The van der Waals surface area contributed by atoms with Gasteiger partial charge in [0.05, 0.1) is 27.0 Å². The standard InChI is InChI=1S/C22H28N2O5/c1-5-6-12-28-20-11-10-17(13-21(20)27-4)15-23-24-22(25)16(2)29-19-9-7-8-18(14-19)26-3/h7-11,13-16H,5-6,12H2,1-4H3,(H,24,25)/b23-15+. The summed E-state index contributed by atoms with van der Waals surface area (Å²) in [6.07, 6.45) is 2.86. The maximum Gasteiger partial charge on any atom is 0.280 e. The first kappa shape index (κ1) is 22.1. The van der Waals surface area contributed by atoms with Crippen LogP contribution in [0.15, 0.2) is 47.6 Å². The van der Waals surface area contributed by atoms with Crippen molar-refractivity contribution >= 4 is 12.1 Å². The van der Waals surface area contributed by atoms with Crippen LogP contribution in [0.5, 0.6) is 23.0 Å². The summed E-state index contributed by atoms with van der Waals surface area (Å²) in [5, 5.41) is 3.99. The molecular formula is C22H28N2O5. The highest BCUT2D eigenvalue weighted by Crippen LogP contribution is 2.27. The summed E-state index contributed by atoms with van der Waals surface area (Å²) in [5.74, 6) is 2.13. The van der Waals surface area contributed by atoms with Gasteiger partial charge in [-0.05, 0) is 49.2 Å². The van der Waals surface area contributed by atoms with Crippen molar-refractivity contribution in [1.82, 2.24) is 5.43 Å². The number of hydrogen-bond donors (Lipinski definition) is 1. The summed E-state index contributed by atoms with van der Waals surface area (Å²) >= 11 is 0. The number of benzene rings is 2. The summed E-state index contributed by atoms with van der Waals surface area (Å²) in [6, 6.07) is 12.5. The Hall–Kier alpha value is -3.22. The minimum Gasteiger partial charge on any atom is -0.497 e. The first-order valence-electron chi connectivity index (χ1n) is 9.51. The minimum absolute atomic E-state index is 0.365. The molecule has 7 nitrogen and oxygen atoms in total. The molecule has 1 amide bonds. The molecule has 156 valence electrons. The van der Waals surface area contributed by atoms with Crippen LogP contribution in [0.2, 0.25) is 0 Å². The van der Waals surface area contributed by atoms with Crippen molar-refractivity contribution in [1.29, 1.82) is 0 Å². The Kier molecular flexibility index (Phi) is 8.82. The van der Waals surface area contributed by atoms with Crippen molar-refractivity contribution in [3.63, 3.8) is 0 Å². The Morgan fingerprint density at radius 2 is 1.90 bits per heavy atom. The lowest BCUT2D eigenvalue weighted by Gasteiger charge is -2.13. The van der Waals surface area contributed by atoms with Crippen molar-refractivity contribution in [3.05, 3.63) is 48.0 Å². The summed E-state index contributed by atoms with van der Waals surface area (Å²) in [4.78, 5) is 12.2. The molecule has 0 heterocycles. The number of rotatable bonds is 11. The van der Waals surface area contributed by atoms with E-state index in [1.54, 1.807) is 51.5 Å². The van der Waals surface area contributed by atoms with Crippen LogP contribution < -0.4 is 24.4 Å². The molecule has 0 spiro atoms. The lowest BCUT2D eigenvalue weighted by atomic mass is 10.2. The molecule has 0 saturated heterocycles. The molecule has 0 aromatic heterocycles. The van der Waals surface area contributed by atoms with Crippen molar-refractivity contribution in [3.8, 4) is 23.0 Å². The second-order valence-corrected chi connectivity index (χ2v) is 6.29. The first-order chi connectivity index (χ1) is 14.1. The van der Waals surface area contributed by atoms with Gasteiger partial charge in [0.15, 0.2) is 17.6 Å². The van der Waals surface area contributed by atoms with Gasteiger partial charge >= 0.3 is 0 Å². The molecule has 0 aliphatic heterocycles. The monoisotopic (exact) mass is 400 g/mol. The van der Waals surface area contributed by atoms with Gasteiger partial charge in [-0.1, -0.05) is 19.4 Å². The van der Waals surface area contributed by atoms with E-state index in [2.05, 4.69) is 17.5 Å². The average molecular weight is 400 g/mol. The van der Waals surface area contributed by atoms with E-state index in [0.29, 0.717) is 29.6 Å². The number of hydrazone groups is 1. The normalized spacial score (nSPS) is 11.7. The molecule has 1 atom stereocenters. The Balaban J connectivity index is 1.91. The van der Waals surface area contributed by atoms with Crippen LogP contribution in [0.1, 0.15) is 32.3 Å². The van der Waals surface area contributed by atoms with E-state index in [1.165, 1.54) is 6.21 Å². The van der Waals surface area contributed by atoms with Gasteiger partial charge in [0, 0.05) is 6.07 Å². The Bertz CT molecular complexity index is 823. The van der Waals surface area contributed by atoms with E-state index in [1.807, 2.05) is 12.1 Å². The number of hydrogen-bond acceptors (Lipinski definition) is 6. The van der Waals surface area contributed by atoms with Crippen LogP contribution in [0, 0.1) is 0 Å². The molecule has 29 heavy (non-hydrogen) atoms. The molecule has 1 unspecified atom stereocenters. The van der Waals surface area contributed by atoms with E-state index in [9.17, 15) is 4.79 Å². The summed E-state index contributed by atoms with van der Waals surface area (Å²) < 4.78 is 21.8. The van der Waals surface area contributed by atoms with Crippen LogP contribution in [0.25, 0.3) is 0 Å². The number of methoxy groups -OCH3 is 2. The highest BCUT2D eigenvalue weighted by atomic mass is 16.5. The van der Waals surface area contributed by atoms with Crippen molar-refractivity contribution in [2.24, 2.45) is 5.10 Å². The number of nitrogens with zero attached hydrogens (tertiary/aromatic N) is 1. The van der Waals surface area contributed by atoms with Gasteiger partial charge in [-0.25, -0.2) is 5.43 Å². The van der Waals surface area contributed by atoms with Crippen molar-refractivity contribution < 1.29 is 23.7 Å². The van der Waals surface area contributed by atoms with Gasteiger partial charge in [0.1, 0.15) is 11.5 Å². The Morgan fingerprint density at radius 3 is 2.62 bits per heavy atom. The third-order valence-electron chi connectivity index (χ3n) is 4.05. The van der Waals surface area contributed by atoms with Crippen LogP contribution in [-0.2, 0) is 4.79 Å². The molecule has 7 heteroatoms. The van der Waals surface area contributed by atoms with Gasteiger partial charge in [0.25, 0.3) is 5.91 Å². The average Bonchev–Trinajstić information content (AvgIpc) is 2.74. The van der Waals surface area contributed by atoms with Gasteiger partial charge in [-0.2, -0.15) is 5.10 Å². The number of amides is 1. The van der Waals surface area contributed by atoms with Gasteiger partial charge in [-0.15, -0.1) is 0 Å². The molecular weight excluding hydrogens is 372 g/mol. The molecule has 2 rings (SSSR count). The summed E-state index contributed by atoms with van der Waals surface area (Å²) in [6.45, 7) is 4.40. The van der Waals surface area contributed by atoms with E-state index in [4.69, 9.17) is 18.9 Å². The highest BCUT2D eigenvalue weighted by Gasteiger charge is 2.14. The van der Waals surface area contributed by atoms with Crippen LogP contribution in [0.4, 0.5) is 0 Å². The highest BCUT2D eigenvalue weighted by molar-refractivity contribution is 5.84. The van der Waals surface area contributed by atoms with E-state index >= 15 is 0 Å². The number of carbonyl (C=O) groups is 1. The van der Waals surface area contributed by atoms with Crippen molar-refractivity contribution in [2.75, 3.05) is 20.8 Å². The van der Waals surface area contributed by atoms with E-state index in [0.717, 1.165) is 18.4 Å². The Morgan fingerprint density at radius 1 is 1.10 bits per heavy atom. The lowest BCUT2D eigenvalue weighted by molar-refractivity contribution is -0.127. The number of carbonyl (C=O) groups excluding carboxylic acids is 1. The molecule has 0 fully saturated rings. The predicted octanol–water partition coefficient (Wildman–Crippen LogP) is 3.80. The number of nitrogens with one attached hydrogen (secondary N) is 1. The van der Waals surface area contributed by atoms with Crippen LogP contribution >= 0.6 is 0 Å². The molecule has 0 radical (unpaired) electrons. The minimum atomic E-state index is -0.719. The van der Waals surface area contributed by atoms with Crippen LogP contribution in [0.3, 0.4) is 0 Å². The zero-order chi connectivity index (χ0) is 21.1. The van der Waals surface area contributed by atoms with E-state index in [-0.39, 0.29) is 5.91 Å². The van der Waals surface area contributed by atoms with Gasteiger partial charge < -0.3 is 18.9 Å². The smallest absolute Gasteiger partial charge is 0.280 e. The quantitative estimate of drug-likeness (QED) is 0.353. The third kappa shape index (κ3) is 7.03. The lowest BCUT2D eigenvalue weighted by Crippen LogP contribution is -2.33. The molecule has 2 aromatic rings. The first-order valence-corrected chi connectivity index (χ1v) is 9.51. The zero-order valence-electron chi connectivity index (χ0n) is 17.3. The summed E-state index contributed by atoms with van der Waals surface area (Å²) in [7, 11) is 3.16.